The normalized spacial score (nSPS) is 14.8. The van der Waals surface area contributed by atoms with Gasteiger partial charge in [-0.3, -0.25) is 19.5 Å². The van der Waals surface area contributed by atoms with Crippen molar-refractivity contribution in [3.63, 3.8) is 0 Å². The second-order valence-corrected chi connectivity index (χ2v) is 10.4. The number of hydrogen-bond donors (Lipinski definition) is 1. The molecule has 0 saturated carbocycles. The Kier molecular flexibility index (Phi) is 8.53. The van der Waals surface area contributed by atoms with Crippen molar-refractivity contribution in [2.75, 3.05) is 25.0 Å². The molecule has 1 fully saturated rings. The summed E-state index contributed by atoms with van der Waals surface area (Å²) in [6.07, 6.45) is 3.39. The third kappa shape index (κ3) is 6.62. The van der Waals surface area contributed by atoms with E-state index in [2.05, 4.69) is 10.3 Å². The SMILES string of the molecule is O=C(CN(CC1CCCO1)C(=O)c1ccccc1Cl)Nc1nc(-c2ccc(Cl)cc2)cn1-c1cccc(Cl)c1. The van der Waals surface area contributed by atoms with Gasteiger partial charge in [0, 0.05) is 40.6 Å². The highest BCUT2D eigenvalue weighted by molar-refractivity contribution is 6.34. The topological polar surface area (TPSA) is 76.5 Å². The second-order valence-electron chi connectivity index (χ2n) is 9.16. The molecule has 0 radical (unpaired) electrons. The minimum atomic E-state index is -0.412. The summed E-state index contributed by atoms with van der Waals surface area (Å²) >= 11 is 18.6. The van der Waals surface area contributed by atoms with Crippen molar-refractivity contribution in [1.82, 2.24) is 14.5 Å². The van der Waals surface area contributed by atoms with Crippen LogP contribution in [0, 0.1) is 0 Å². The van der Waals surface area contributed by atoms with E-state index in [-0.39, 0.29) is 31.0 Å². The summed E-state index contributed by atoms with van der Waals surface area (Å²) in [6.45, 7) is 0.703. The van der Waals surface area contributed by atoms with Gasteiger partial charge in [0.1, 0.15) is 6.54 Å². The van der Waals surface area contributed by atoms with Gasteiger partial charge in [-0.25, -0.2) is 4.98 Å². The molecule has 2 amide bonds. The predicted octanol–water partition coefficient (Wildman–Crippen LogP) is 6.76. The van der Waals surface area contributed by atoms with Gasteiger partial charge in [-0.2, -0.15) is 0 Å². The summed E-state index contributed by atoms with van der Waals surface area (Å²) in [5.74, 6) is -0.467. The average Bonchev–Trinajstić information content (AvgIpc) is 3.59. The van der Waals surface area contributed by atoms with Crippen LogP contribution in [0.1, 0.15) is 23.2 Å². The molecule has 7 nitrogen and oxygen atoms in total. The van der Waals surface area contributed by atoms with Gasteiger partial charge >= 0.3 is 0 Å². The monoisotopic (exact) mass is 582 g/mol. The Hall–Kier alpha value is -3.36. The number of aromatic nitrogens is 2. The summed E-state index contributed by atoms with van der Waals surface area (Å²) in [6, 6.07) is 21.3. The number of nitrogens with one attached hydrogen (secondary N) is 1. The zero-order valence-corrected chi connectivity index (χ0v) is 23.1. The quantitative estimate of drug-likeness (QED) is 0.249. The van der Waals surface area contributed by atoms with Crippen molar-refractivity contribution >= 4 is 52.6 Å². The van der Waals surface area contributed by atoms with Crippen LogP contribution >= 0.6 is 34.8 Å². The molecule has 1 aliphatic heterocycles. The van der Waals surface area contributed by atoms with Crippen LogP contribution in [0.15, 0.2) is 79.0 Å². The van der Waals surface area contributed by atoms with E-state index in [9.17, 15) is 9.59 Å². The number of carbonyl (C=O) groups is 2. The average molecular weight is 584 g/mol. The smallest absolute Gasteiger partial charge is 0.255 e. The van der Waals surface area contributed by atoms with E-state index in [1.165, 1.54) is 4.90 Å². The van der Waals surface area contributed by atoms with E-state index in [1.54, 1.807) is 53.1 Å². The third-order valence-electron chi connectivity index (χ3n) is 6.36. The van der Waals surface area contributed by atoms with Crippen LogP contribution in [0.5, 0.6) is 0 Å². The van der Waals surface area contributed by atoms with Gasteiger partial charge in [0.2, 0.25) is 11.9 Å². The molecule has 1 aromatic heterocycles. The number of amides is 2. The number of imidazole rings is 1. The Morgan fingerprint density at radius 2 is 1.79 bits per heavy atom. The van der Waals surface area contributed by atoms with E-state index >= 15 is 0 Å². The first-order chi connectivity index (χ1) is 18.9. The van der Waals surface area contributed by atoms with Gasteiger partial charge in [0.25, 0.3) is 5.91 Å². The number of benzene rings is 3. The molecular formula is C29H25Cl3N4O3. The van der Waals surface area contributed by atoms with Crippen molar-refractivity contribution in [1.29, 1.82) is 0 Å². The van der Waals surface area contributed by atoms with Gasteiger partial charge in [-0.15, -0.1) is 0 Å². The van der Waals surface area contributed by atoms with Crippen LogP contribution in [0.4, 0.5) is 5.95 Å². The highest BCUT2D eigenvalue weighted by Crippen LogP contribution is 2.27. The Labute approximate surface area is 241 Å². The first kappa shape index (κ1) is 27.2. The molecule has 0 aliphatic carbocycles. The number of ether oxygens (including phenoxy) is 1. The van der Waals surface area contributed by atoms with Gasteiger partial charge in [-0.1, -0.05) is 65.1 Å². The van der Waals surface area contributed by atoms with E-state index in [0.29, 0.717) is 38.6 Å². The molecule has 2 heterocycles. The lowest BCUT2D eigenvalue weighted by molar-refractivity contribution is -0.117. The Morgan fingerprint density at radius 3 is 2.51 bits per heavy atom. The van der Waals surface area contributed by atoms with Crippen LogP contribution in [-0.4, -0.2) is 52.1 Å². The van der Waals surface area contributed by atoms with Crippen molar-refractivity contribution in [3.8, 4) is 16.9 Å². The molecular weight excluding hydrogens is 559 g/mol. The van der Waals surface area contributed by atoms with Gasteiger partial charge in [0.05, 0.1) is 22.4 Å². The van der Waals surface area contributed by atoms with Gasteiger partial charge in [0.15, 0.2) is 0 Å². The summed E-state index contributed by atoms with van der Waals surface area (Å²) in [5.41, 5.74) is 2.50. The summed E-state index contributed by atoms with van der Waals surface area (Å²) in [4.78, 5) is 33.0. The summed E-state index contributed by atoms with van der Waals surface area (Å²) in [5, 5.41) is 4.35. The van der Waals surface area contributed by atoms with E-state index in [1.807, 2.05) is 30.5 Å². The van der Waals surface area contributed by atoms with Crippen molar-refractivity contribution in [2.45, 2.75) is 18.9 Å². The minimum Gasteiger partial charge on any atom is -0.376 e. The molecule has 1 N–H and O–H groups in total. The third-order valence-corrected chi connectivity index (χ3v) is 7.17. The van der Waals surface area contributed by atoms with Crippen molar-refractivity contribution < 1.29 is 14.3 Å². The maximum atomic E-state index is 13.4. The molecule has 1 atom stereocenters. The van der Waals surface area contributed by atoms with Gasteiger partial charge in [-0.05, 0) is 55.3 Å². The molecule has 3 aromatic carbocycles. The first-order valence-electron chi connectivity index (χ1n) is 12.4. The highest BCUT2D eigenvalue weighted by Gasteiger charge is 2.27. The van der Waals surface area contributed by atoms with Crippen LogP contribution in [0.2, 0.25) is 15.1 Å². The van der Waals surface area contributed by atoms with Crippen LogP contribution in [-0.2, 0) is 9.53 Å². The van der Waals surface area contributed by atoms with Crippen LogP contribution in [0.3, 0.4) is 0 Å². The zero-order chi connectivity index (χ0) is 27.4. The fourth-order valence-electron chi connectivity index (χ4n) is 4.45. The number of carbonyl (C=O) groups excluding carboxylic acids is 2. The maximum Gasteiger partial charge on any atom is 0.255 e. The molecule has 39 heavy (non-hydrogen) atoms. The lowest BCUT2D eigenvalue weighted by Gasteiger charge is -2.25. The van der Waals surface area contributed by atoms with E-state index in [4.69, 9.17) is 39.5 Å². The minimum absolute atomic E-state index is 0.144. The Balaban J connectivity index is 1.43. The molecule has 0 bridgehead atoms. The predicted molar refractivity (Wildman–Crippen MR) is 154 cm³/mol. The molecule has 1 saturated heterocycles. The lowest BCUT2D eigenvalue weighted by atomic mass is 10.1. The molecule has 10 heteroatoms. The fourth-order valence-corrected chi connectivity index (χ4v) is 4.97. The number of halogens is 3. The zero-order valence-electron chi connectivity index (χ0n) is 20.8. The molecule has 1 unspecified atom stereocenters. The maximum absolute atomic E-state index is 13.4. The van der Waals surface area contributed by atoms with Crippen molar-refractivity contribution in [2.24, 2.45) is 0 Å². The van der Waals surface area contributed by atoms with Gasteiger partial charge < -0.3 is 9.64 Å². The highest BCUT2D eigenvalue weighted by atomic mass is 35.5. The number of hydrogen-bond acceptors (Lipinski definition) is 4. The van der Waals surface area contributed by atoms with E-state index < -0.39 is 5.91 Å². The number of rotatable bonds is 8. The second kappa shape index (κ2) is 12.2. The van der Waals surface area contributed by atoms with Crippen LogP contribution < -0.4 is 5.32 Å². The first-order valence-corrected chi connectivity index (χ1v) is 13.6. The standard InChI is InChI=1S/C29H25Cl3N4O3/c30-20-12-10-19(11-13-20)26-17-36(22-6-3-5-21(31)15-22)29(33-26)34-27(37)18-35(16-23-7-4-14-39-23)28(38)24-8-1-2-9-25(24)32/h1-3,5-6,8-13,15,17,23H,4,7,14,16,18H2,(H,33,34,37). The number of nitrogens with zero attached hydrogens (tertiary/aromatic N) is 3. The number of anilines is 1. The summed E-state index contributed by atoms with van der Waals surface area (Å²) < 4.78 is 7.50. The molecule has 0 spiro atoms. The molecule has 200 valence electrons. The molecule has 5 rings (SSSR count). The summed E-state index contributed by atoms with van der Waals surface area (Å²) in [7, 11) is 0. The largest absolute Gasteiger partial charge is 0.376 e. The Bertz CT molecular complexity index is 1480. The van der Waals surface area contributed by atoms with E-state index in [0.717, 1.165) is 18.4 Å². The molecule has 1 aliphatic rings. The lowest BCUT2D eigenvalue weighted by Crippen LogP contribution is -2.42. The molecule has 4 aromatic rings. The Morgan fingerprint density at radius 1 is 1.00 bits per heavy atom. The van der Waals surface area contributed by atoms with Crippen LogP contribution in [0.25, 0.3) is 16.9 Å². The van der Waals surface area contributed by atoms with Crippen molar-refractivity contribution in [3.05, 3.63) is 99.6 Å². The fraction of sp³-hybridized carbons (Fsp3) is 0.207.